The maximum Gasteiger partial charge on any atom is 0.410 e. The van der Waals surface area contributed by atoms with Crippen LogP contribution >= 0.6 is 0 Å². The number of amides is 1. The highest BCUT2D eigenvalue weighted by Gasteiger charge is 2.51. The number of carbonyl (C=O) groups is 2. The summed E-state index contributed by atoms with van der Waals surface area (Å²) in [5, 5.41) is 10.0. The third kappa shape index (κ3) is 4.03. The fourth-order valence-corrected chi connectivity index (χ4v) is 3.55. The number of aliphatic carboxylic acids is 1. The van der Waals surface area contributed by atoms with Crippen molar-refractivity contribution in [3.8, 4) is 0 Å². The molecule has 1 aliphatic heterocycles. The molecule has 136 valence electrons. The number of hydrogen-bond acceptors (Lipinski definition) is 3. The number of carboxylic acid groups (broad SMARTS) is 1. The number of likely N-dealkylation sites (tertiary alicyclic amines) is 1. The number of hydrogen-bond donors (Lipinski definition) is 1. The largest absolute Gasteiger partial charge is 0.481 e. The van der Waals surface area contributed by atoms with E-state index in [2.05, 4.69) is 0 Å². The van der Waals surface area contributed by atoms with Gasteiger partial charge in [-0.05, 0) is 31.7 Å². The average molecular weight is 345 g/mol. The Hall–Kier alpha value is -2.30. The van der Waals surface area contributed by atoms with E-state index < -0.39 is 23.5 Å². The number of unbranched alkanes of at least 4 members (excludes halogenated alkanes) is 1. The van der Waals surface area contributed by atoms with Gasteiger partial charge in [-0.1, -0.05) is 55.8 Å². The second-order valence-corrected chi connectivity index (χ2v) is 6.42. The zero-order chi connectivity index (χ0) is 18.3. The zero-order valence-electron chi connectivity index (χ0n) is 15.0. The fourth-order valence-electron chi connectivity index (χ4n) is 3.55. The molecule has 0 bridgehead atoms. The SMILES string of the molecule is CC=CC1(C(=O)O)CCCN(C(=O)OCCCC)C1c1ccccc1. The van der Waals surface area contributed by atoms with Crippen LogP contribution in [0.2, 0.25) is 0 Å². The van der Waals surface area contributed by atoms with Crippen LogP contribution in [0.4, 0.5) is 4.79 Å². The van der Waals surface area contributed by atoms with Crippen molar-refractivity contribution in [1.29, 1.82) is 0 Å². The van der Waals surface area contributed by atoms with Gasteiger partial charge in [0, 0.05) is 6.54 Å². The van der Waals surface area contributed by atoms with Crippen molar-refractivity contribution in [3.63, 3.8) is 0 Å². The van der Waals surface area contributed by atoms with Gasteiger partial charge in [-0.2, -0.15) is 0 Å². The molecular weight excluding hydrogens is 318 g/mol. The summed E-state index contributed by atoms with van der Waals surface area (Å²) in [4.78, 5) is 26.5. The molecule has 2 rings (SSSR count). The lowest BCUT2D eigenvalue weighted by atomic mass is 9.70. The van der Waals surface area contributed by atoms with E-state index >= 15 is 0 Å². The minimum atomic E-state index is -1.14. The molecule has 0 saturated carbocycles. The number of carboxylic acids is 1. The Morgan fingerprint density at radius 2 is 2.08 bits per heavy atom. The fraction of sp³-hybridized carbons (Fsp3) is 0.500. The number of benzene rings is 1. The van der Waals surface area contributed by atoms with E-state index in [1.165, 1.54) is 0 Å². The standard InChI is InChI=1S/C20H27NO4/c1-3-5-15-25-19(24)21-14-9-13-20(12-4-2,18(22)23)17(21)16-10-7-6-8-11-16/h4,6-8,10-12,17H,3,5,9,13-15H2,1-2H3,(H,22,23). The van der Waals surface area contributed by atoms with Crippen molar-refractivity contribution in [3.05, 3.63) is 48.0 Å². The van der Waals surface area contributed by atoms with Crippen molar-refractivity contribution >= 4 is 12.1 Å². The average Bonchev–Trinajstić information content (AvgIpc) is 2.62. The quantitative estimate of drug-likeness (QED) is 0.613. The smallest absolute Gasteiger partial charge is 0.410 e. The van der Waals surface area contributed by atoms with Gasteiger partial charge in [0.25, 0.3) is 0 Å². The Labute approximate surface area is 149 Å². The maximum atomic E-state index is 12.7. The molecule has 5 heteroatoms. The van der Waals surface area contributed by atoms with Crippen LogP contribution in [0.1, 0.15) is 51.1 Å². The molecule has 25 heavy (non-hydrogen) atoms. The molecule has 1 N–H and O–H groups in total. The lowest BCUT2D eigenvalue weighted by Gasteiger charge is -2.45. The van der Waals surface area contributed by atoms with Crippen LogP contribution in [0.5, 0.6) is 0 Å². The van der Waals surface area contributed by atoms with Crippen LogP contribution in [-0.2, 0) is 9.53 Å². The first-order valence-corrected chi connectivity index (χ1v) is 8.92. The second-order valence-electron chi connectivity index (χ2n) is 6.42. The third-order valence-electron chi connectivity index (χ3n) is 4.72. The van der Waals surface area contributed by atoms with Crippen molar-refractivity contribution in [2.24, 2.45) is 5.41 Å². The highest BCUT2D eigenvalue weighted by molar-refractivity contribution is 5.80. The molecule has 1 aliphatic rings. The number of piperidine rings is 1. The van der Waals surface area contributed by atoms with Crippen LogP contribution in [0.3, 0.4) is 0 Å². The summed E-state index contributed by atoms with van der Waals surface area (Å²) in [5.41, 5.74) is -0.326. The van der Waals surface area contributed by atoms with Gasteiger partial charge in [0.1, 0.15) is 5.41 Å². The Bertz CT molecular complexity index is 613. The van der Waals surface area contributed by atoms with E-state index in [1.807, 2.05) is 44.2 Å². The summed E-state index contributed by atoms with van der Waals surface area (Å²) in [6.45, 7) is 4.70. The summed E-state index contributed by atoms with van der Waals surface area (Å²) < 4.78 is 5.39. The van der Waals surface area contributed by atoms with Crippen LogP contribution in [0, 0.1) is 5.41 Å². The van der Waals surface area contributed by atoms with E-state index in [0.717, 1.165) is 18.4 Å². The second kappa shape index (κ2) is 8.70. The summed E-state index contributed by atoms with van der Waals surface area (Å²) in [5.74, 6) is -0.912. The first-order chi connectivity index (χ1) is 12.1. The highest BCUT2D eigenvalue weighted by Crippen LogP contribution is 2.47. The summed E-state index contributed by atoms with van der Waals surface area (Å²) >= 11 is 0. The normalized spacial score (nSPS) is 23.6. The van der Waals surface area contributed by atoms with E-state index in [0.29, 0.717) is 26.0 Å². The Morgan fingerprint density at radius 3 is 2.68 bits per heavy atom. The minimum absolute atomic E-state index is 0.358. The molecule has 1 amide bonds. The van der Waals surface area contributed by atoms with Gasteiger partial charge >= 0.3 is 12.1 Å². The van der Waals surface area contributed by atoms with Gasteiger partial charge in [-0.25, -0.2) is 4.79 Å². The first-order valence-electron chi connectivity index (χ1n) is 8.92. The minimum Gasteiger partial charge on any atom is -0.481 e. The Kier molecular flexibility index (Phi) is 6.62. The lowest BCUT2D eigenvalue weighted by molar-refractivity contribution is -0.152. The van der Waals surface area contributed by atoms with Crippen molar-refractivity contribution in [1.82, 2.24) is 4.90 Å². The van der Waals surface area contributed by atoms with Crippen LogP contribution < -0.4 is 0 Å². The molecule has 2 atom stereocenters. The predicted octanol–water partition coefficient (Wildman–Crippen LogP) is 4.41. The zero-order valence-corrected chi connectivity index (χ0v) is 15.0. The molecule has 1 aromatic rings. The molecule has 1 fully saturated rings. The summed E-state index contributed by atoms with van der Waals surface area (Å²) in [7, 11) is 0. The molecular formula is C20H27NO4. The van der Waals surface area contributed by atoms with E-state index in [-0.39, 0.29) is 0 Å². The number of rotatable bonds is 6. The molecule has 0 aliphatic carbocycles. The van der Waals surface area contributed by atoms with Gasteiger partial charge < -0.3 is 9.84 Å². The molecule has 1 aromatic carbocycles. The predicted molar refractivity (Wildman–Crippen MR) is 96.3 cm³/mol. The number of ether oxygens (including phenoxy) is 1. The van der Waals surface area contributed by atoms with Gasteiger partial charge in [-0.3, -0.25) is 9.69 Å². The van der Waals surface area contributed by atoms with Crippen molar-refractivity contribution < 1.29 is 19.4 Å². The molecule has 1 heterocycles. The summed E-state index contributed by atoms with van der Waals surface area (Å²) in [6, 6.07) is 8.80. The van der Waals surface area contributed by atoms with Crippen LogP contribution in [-0.4, -0.2) is 35.2 Å². The van der Waals surface area contributed by atoms with Crippen molar-refractivity contribution in [2.75, 3.05) is 13.2 Å². The number of carbonyl (C=O) groups excluding carboxylic acids is 1. The van der Waals surface area contributed by atoms with Gasteiger partial charge in [-0.15, -0.1) is 0 Å². The van der Waals surface area contributed by atoms with Gasteiger partial charge in [0.2, 0.25) is 0 Å². The molecule has 0 spiro atoms. The van der Waals surface area contributed by atoms with Gasteiger partial charge in [0.05, 0.1) is 12.6 Å². The van der Waals surface area contributed by atoms with Gasteiger partial charge in [0.15, 0.2) is 0 Å². The van der Waals surface area contributed by atoms with Crippen LogP contribution in [0.15, 0.2) is 42.5 Å². The number of allylic oxidation sites excluding steroid dienone is 1. The topological polar surface area (TPSA) is 66.8 Å². The molecule has 0 aromatic heterocycles. The molecule has 1 saturated heterocycles. The van der Waals surface area contributed by atoms with Crippen LogP contribution in [0.25, 0.3) is 0 Å². The Morgan fingerprint density at radius 1 is 1.36 bits per heavy atom. The lowest BCUT2D eigenvalue weighted by Crippen LogP contribution is -2.51. The highest BCUT2D eigenvalue weighted by atomic mass is 16.6. The third-order valence-corrected chi connectivity index (χ3v) is 4.72. The maximum absolute atomic E-state index is 12.7. The first kappa shape index (κ1) is 19.0. The van der Waals surface area contributed by atoms with Crippen molar-refractivity contribution in [2.45, 2.75) is 45.6 Å². The molecule has 2 unspecified atom stereocenters. The van der Waals surface area contributed by atoms with E-state index in [4.69, 9.17) is 4.74 Å². The van der Waals surface area contributed by atoms with E-state index in [1.54, 1.807) is 17.1 Å². The molecule has 5 nitrogen and oxygen atoms in total. The van der Waals surface area contributed by atoms with E-state index in [9.17, 15) is 14.7 Å². The summed E-state index contributed by atoms with van der Waals surface area (Å²) in [6.07, 6.45) is 5.90. The molecule has 0 radical (unpaired) electrons. The monoisotopic (exact) mass is 345 g/mol. The number of nitrogens with zero attached hydrogens (tertiary/aromatic N) is 1. The Balaban J connectivity index is 2.43.